The fraction of sp³-hybridized carbons (Fsp3) is 0.0938. The number of nitrogens with zero attached hydrogens (tertiary/aromatic N) is 5. The highest BCUT2D eigenvalue weighted by Gasteiger charge is 2.23. The van der Waals surface area contributed by atoms with Crippen molar-refractivity contribution in [2.45, 2.75) is 35.5 Å². The van der Waals surface area contributed by atoms with Gasteiger partial charge in [-0.1, -0.05) is 6.07 Å². The standard InChI is InChI=1S/C32H27ClN8O10S3/c1-14-6-17-8-16(3)28(34)29(27(17)24(42)7-14)41-40-23-5-4-18(11-26(23)54(49,50)51)35-31-37-30(33)38-32(39-31)36-19-9-15(2)21-12-20(52(43,44)45)13-25(22(21)10-19)53(46,47)48/h4-13,42H,34H2,1-3H3,(H,43,44,45)(H,46,47,48)(H,49,50,51)(H2,35,36,37,38,39). The summed E-state index contributed by atoms with van der Waals surface area (Å²) in [7, 11) is -14.7. The molecule has 54 heavy (non-hydrogen) atoms. The van der Waals surface area contributed by atoms with Crippen molar-refractivity contribution in [1.29, 1.82) is 0 Å². The van der Waals surface area contributed by atoms with Gasteiger partial charge in [-0.05, 0) is 114 Å². The number of hydrogen-bond acceptors (Lipinski definition) is 15. The van der Waals surface area contributed by atoms with E-state index < -0.39 is 45.0 Å². The Morgan fingerprint density at radius 1 is 0.685 bits per heavy atom. The molecule has 0 unspecified atom stereocenters. The van der Waals surface area contributed by atoms with Gasteiger partial charge in [-0.15, -0.1) is 10.2 Å². The molecule has 0 saturated carbocycles. The first-order chi connectivity index (χ1) is 25.1. The highest BCUT2D eigenvalue weighted by molar-refractivity contribution is 7.87. The molecule has 1 heterocycles. The molecule has 0 aliphatic heterocycles. The molecule has 1 aromatic heterocycles. The Balaban J connectivity index is 1.34. The predicted molar refractivity (Wildman–Crippen MR) is 200 cm³/mol. The van der Waals surface area contributed by atoms with Crippen LogP contribution < -0.4 is 16.4 Å². The zero-order chi connectivity index (χ0) is 39.5. The van der Waals surface area contributed by atoms with Crippen molar-refractivity contribution < 1.29 is 44.0 Å². The molecule has 0 atom stereocenters. The van der Waals surface area contributed by atoms with Gasteiger partial charge in [-0.2, -0.15) is 40.2 Å². The van der Waals surface area contributed by atoms with E-state index in [1.54, 1.807) is 19.9 Å². The Morgan fingerprint density at radius 2 is 1.33 bits per heavy atom. The first kappa shape index (κ1) is 38.2. The number of aryl methyl sites for hydroxylation is 3. The SMILES string of the molecule is Cc1cc(O)c2c(N=Nc3ccc(Nc4nc(Cl)nc(Nc5cc(C)c6cc(S(=O)(=O)O)cc(S(=O)(=O)O)c6c5)n4)cc3S(=O)(=O)O)c(N)c(C)cc2c1. The Morgan fingerprint density at radius 3 is 1.96 bits per heavy atom. The normalized spacial score (nSPS) is 12.5. The molecule has 0 fully saturated rings. The van der Waals surface area contributed by atoms with Crippen molar-refractivity contribution >= 4 is 104 Å². The van der Waals surface area contributed by atoms with Crippen molar-refractivity contribution in [2.24, 2.45) is 10.2 Å². The van der Waals surface area contributed by atoms with E-state index in [9.17, 15) is 44.0 Å². The molecule has 0 aliphatic rings. The summed E-state index contributed by atoms with van der Waals surface area (Å²) in [6, 6.07) is 13.1. The highest BCUT2D eigenvalue weighted by atomic mass is 35.5. The maximum atomic E-state index is 12.5. The van der Waals surface area contributed by atoms with Crippen LogP contribution in [-0.2, 0) is 30.4 Å². The van der Waals surface area contributed by atoms with Crippen molar-refractivity contribution in [3.05, 3.63) is 82.6 Å². The molecule has 0 radical (unpaired) electrons. The van der Waals surface area contributed by atoms with Gasteiger partial charge in [0.15, 0.2) is 0 Å². The summed E-state index contributed by atoms with van der Waals surface area (Å²) in [5.74, 6) is -0.522. The van der Waals surface area contributed by atoms with Crippen LogP contribution in [0, 0.1) is 20.8 Å². The molecule has 8 N–H and O–H groups in total. The molecule has 0 saturated heterocycles. The quantitative estimate of drug-likeness (QED) is 0.0454. The number of azo groups is 1. The first-order valence-corrected chi connectivity index (χ1v) is 19.8. The monoisotopic (exact) mass is 814 g/mol. The number of nitrogens with one attached hydrogen (secondary N) is 2. The van der Waals surface area contributed by atoms with E-state index in [4.69, 9.17) is 17.3 Å². The van der Waals surface area contributed by atoms with Gasteiger partial charge < -0.3 is 21.5 Å². The third kappa shape index (κ3) is 7.87. The average molecular weight is 815 g/mol. The molecule has 0 spiro atoms. The van der Waals surface area contributed by atoms with Gasteiger partial charge in [0, 0.05) is 16.8 Å². The number of phenols is 1. The van der Waals surface area contributed by atoms with Crippen LogP contribution in [0.2, 0.25) is 5.28 Å². The molecule has 5 aromatic carbocycles. The van der Waals surface area contributed by atoms with Crippen LogP contribution in [0.3, 0.4) is 0 Å². The van der Waals surface area contributed by atoms with Gasteiger partial charge in [0.2, 0.25) is 17.2 Å². The number of fused-ring (bicyclic) bond motifs is 2. The maximum absolute atomic E-state index is 12.5. The van der Waals surface area contributed by atoms with E-state index in [0.717, 1.165) is 17.7 Å². The number of benzene rings is 5. The molecular weight excluding hydrogens is 788 g/mol. The molecule has 18 nitrogen and oxygen atoms in total. The Bertz CT molecular complexity index is 2950. The molecule has 6 aromatic rings. The van der Waals surface area contributed by atoms with Crippen LogP contribution in [0.25, 0.3) is 21.5 Å². The number of nitrogen functional groups attached to an aromatic ring is 1. The highest BCUT2D eigenvalue weighted by Crippen LogP contribution is 2.42. The Labute approximate surface area is 312 Å². The number of nitrogens with two attached hydrogens (primary N) is 1. The third-order valence-corrected chi connectivity index (χ3v) is 10.8. The number of anilines is 5. The lowest BCUT2D eigenvalue weighted by Crippen LogP contribution is -2.06. The van der Waals surface area contributed by atoms with Crippen LogP contribution in [0.15, 0.2) is 85.6 Å². The molecular formula is C32H27ClN8O10S3. The maximum Gasteiger partial charge on any atom is 0.296 e. The summed E-state index contributed by atoms with van der Waals surface area (Å²) >= 11 is 6.14. The second-order valence-electron chi connectivity index (χ2n) is 12.0. The second kappa shape index (κ2) is 13.7. The average Bonchev–Trinajstić information content (AvgIpc) is 3.03. The minimum absolute atomic E-state index is 0.0393. The molecule has 6 rings (SSSR count). The van der Waals surface area contributed by atoms with E-state index in [1.165, 1.54) is 37.3 Å². The summed E-state index contributed by atoms with van der Waals surface area (Å²) in [5, 5.41) is 25.0. The van der Waals surface area contributed by atoms with Gasteiger partial charge >= 0.3 is 0 Å². The first-order valence-electron chi connectivity index (χ1n) is 15.1. The molecule has 280 valence electrons. The number of aromatic hydroxyl groups is 1. The summed E-state index contributed by atoms with van der Waals surface area (Å²) in [4.78, 5) is 9.96. The van der Waals surface area contributed by atoms with Gasteiger partial charge in [0.25, 0.3) is 30.4 Å². The van der Waals surface area contributed by atoms with Crippen molar-refractivity contribution in [2.75, 3.05) is 16.4 Å². The van der Waals surface area contributed by atoms with Crippen LogP contribution in [0.1, 0.15) is 16.7 Å². The summed E-state index contributed by atoms with van der Waals surface area (Å²) < 4.78 is 102. The van der Waals surface area contributed by atoms with Crippen LogP contribution in [0.4, 0.5) is 40.3 Å². The van der Waals surface area contributed by atoms with Gasteiger partial charge in [0.05, 0.1) is 16.0 Å². The number of aromatic nitrogens is 3. The minimum atomic E-state index is -4.98. The Kier molecular flexibility index (Phi) is 9.69. The van der Waals surface area contributed by atoms with Gasteiger partial charge in [-0.25, -0.2) is 0 Å². The topological polar surface area (TPSA) is 297 Å². The second-order valence-corrected chi connectivity index (χ2v) is 16.5. The Hall–Kier alpha value is -5.55. The smallest absolute Gasteiger partial charge is 0.296 e. The fourth-order valence-corrected chi connectivity index (χ4v) is 7.77. The van der Waals surface area contributed by atoms with Crippen LogP contribution in [0.5, 0.6) is 5.75 Å². The number of phenolic OH excluding ortho intramolecular Hbond substituents is 1. The van der Waals surface area contributed by atoms with E-state index in [2.05, 4.69) is 35.8 Å². The van der Waals surface area contributed by atoms with Crippen molar-refractivity contribution in [1.82, 2.24) is 15.0 Å². The van der Waals surface area contributed by atoms with Crippen LogP contribution >= 0.6 is 11.6 Å². The lowest BCUT2D eigenvalue weighted by Gasteiger charge is -2.13. The van der Waals surface area contributed by atoms with Crippen LogP contribution in [-0.4, -0.2) is 59.0 Å². The number of rotatable bonds is 9. The third-order valence-electron chi connectivity index (χ3n) is 7.99. The molecule has 0 aliphatic carbocycles. The number of hydrogen-bond donors (Lipinski definition) is 7. The zero-order valence-corrected chi connectivity index (χ0v) is 31.1. The van der Waals surface area contributed by atoms with Crippen molar-refractivity contribution in [3.8, 4) is 5.75 Å². The van der Waals surface area contributed by atoms with E-state index in [-0.39, 0.29) is 62.1 Å². The largest absolute Gasteiger partial charge is 0.507 e. The molecule has 0 amide bonds. The summed E-state index contributed by atoms with van der Waals surface area (Å²) in [6.45, 7) is 5.05. The minimum Gasteiger partial charge on any atom is -0.507 e. The molecule has 22 heteroatoms. The van der Waals surface area contributed by atoms with E-state index in [0.29, 0.717) is 28.0 Å². The fourth-order valence-electron chi connectivity index (χ4n) is 5.63. The summed E-state index contributed by atoms with van der Waals surface area (Å²) in [5.41, 5.74) is 8.20. The predicted octanol–water partition coefficient (Wildman–Crippen LogP) is 6.69. The lowest BCUT2D eigenvalue weighted by molar-refractivity contribution is 0.479. The van der Waals surface area contributed by atoms with Gasteiger partial charge in [0.1, 0.15) is 26.9 Å². The summed E-state index contributed by atoms with van der Waals surface area (Å²) in [6.07, 6.45) is 0. The molecule has 0 bridgehead atoms. The van der Waals surface area contributed by atoms with Crippen molar-refractivity contribution in [3.63, 3.8) is 0 Å². The van der Waals surface area contributed by atoms with E-state index >= 15 is 0 Å². The zero-order valence-electron chi connectivity index (χ0n) is 27.9. The number of halogens is 1. The lowest BCUT2D eigenvalue weighted by atomic mass is 10.0. The van der Waals surface area contributed by atoms with E-state index in [1.807, 2.05) is 6.07 Å². The van der Waals surface area contributed by atoms with Gasteiger partial charge in [-0.3, -0.25) is 13.7 Å².